The summed E-state index contributed by atoms with van der Waals surface area (Å²) in [6.07, 6.45) is -1.03. The third kappa shape index (κ3) is 5.24. The lowest BCUT2D eigenvalue weighted by atomic mass is 10.1. The van der Waals surface area contributed by atoms with Crippen LogP contribution in [0.2, 0.25) is 0 Å². The van der Waals surface area contributed by atoms with Crippen LogP contribution in [0.3, 0.4) is 0 Å². The van der Waals surface area contributed by atoms with Crippen LogP contribution in [0.15, 0.2) is 48.5 Å². The molecule has 0 aliphatic carbocycles. The van der Waals surface area contributed by atoms with Gasteiger partial charge in [-0.3, -0.25) is 0 Å². The molecule has 0 fully saturated rings. The first kappa shape index (κ1) is 15.0. The summed E-state index contributed by atoms with van der Waals surface area (Å²) in [5.41, 5.74) is 3.05. The van der Waals surface area contributed by atoms with Gasteiger partial charge in [0.05, 0.1) is 0 Å². The Hall–Kier alpha value is -2.40. The standard InChI is InChI=1S/C16H17FN2O2/c17-15-7-5-13(6-8-15)10-18-9-12-1-3-14(4-2-12)11-19-16(20)21/h1-8,18-19H,9-11H2,(H,20,21). The van der Waals surface area contributed by atoms with Crippen LogP contribution in [0.25, 0.3) is 0 Å². The van der Waals surface area contributed by atoms with Crippen LogP contribution in [0.5, 0.6) is 0 Å². The summed E-state index contributed by atoms with van der Waals surface area (Å²) in [4.78, 5) is 10.4. The van der Waals surface area contributed by atoms with Gasteiger partial charge in [-0.25, -0.2) is 9.18 Å². The van der Waals surface area contributed by atoms with E-state index in [0.717, 1.165) is 16.7 Å². The predicted octanol–water partition coefficient (Wildman–Crippen LogP) is 2.88. The van der Waals surface area contributed by atoms with Gasteiger partial charge in [0.25, 0.3) is 0 Å². The van der Waals surface area contributed by atoms with Crippen LogP contribution >= 0.6 is 0 Å². The zero-order valence-corrected chi connectivity index (χ0v) is 11.5. The molecule has 0 radical (unpaired) electrons. The molecule has 0 spiro atoms. The van der Waals surface area contributed by atoms with Gasteiger partial charge in [-0.15, -0.1) is 0 Å². The molecule has 0 unspecified atom stereocenters. The minimum atomic E-state index is -1.03. The number of carboxylic acid groups (broad SMARTS) is 1. The van der Waals surface area contributed by atoms with Crippen molar-refractivity contribution in [2.45, 2.75) is 19.6 Å². The lowest BCUT2D eigenvalue weighted by Gasteiger charge is -2.07. The molecular weight excluding hydrogens is 271 g/mol. The minimum Gasteiger partial charge on any atom is -0.465 e. The second-order valence-electron chi connectivity index (χ2n) is 4.71. The summed E-state index contributed by atoms with van der Waals surface area (Å²) < 4.78 is 12.8. The fraction of sp³-hybridized carbons (Fsp3) is 0.188. The molecule has 0 atom stereocenters. The Kier molecular flexibility index (Phi) is 5.29. The topological polar surface area (TPSA) is 61.4 Å². The van der Waals surface area contributed by atoms with E-state index in [0.29, 0.717) is 19.6 Å². The van der Waals surface area contributed by atoms with E-state index >= 15 is 0 Å². The second kappa shape index (κ2) is 7.40. The van der Waals surface area contributed by atoms with E-state index in [1.807, 2.05) is 24.3 Å². The monoisotopic (exact) mass is 288 g/mol. The van der Waals surface area contributed by atoms with Gasteiger partial charge >= 0.3 is 6.09 Å². The van der Waals surface area contributed by atoms with Crippen molar-refractivity contribution in [3.05, 3.63) is 71.0 Å². The molecule has 0 aliphatic heterocycles. The van der Waals surface area contributed by atoms with Crippen molar-refractivity contribution in [3.8, 4) is 0 Å². The summed E-state index contributed by atoms with van der Waals surface area (Å²) in [5.74, 6) is -0.232. The Labute approximate surface area is 122 Å². The number of nitrogens with one attached hydrogen (secondary N) is 2. The average Bonchev–Trinajstić information content (AvgIpc) is 2.48. The van der Waals surface area contributed by atoms with Crippen molar-refractivity contribution in [1.29, 1.82) is 0 Å². The summed E-state index contributed by atoms with van der Waals surface area (Å²) in [6.45, 7) is 1.67. The molecule has 0 saturated heterocycles. The van der Waals surface area contributed by atoms with Gasteiger partial charge in [0, 0.05) is 19.6 Å². The molecule has 3 N–H and O–H groups in total. The lowest BCUT2D eigenvalue weighted by molar-refractivity contribution is 0.194. The highest BCUT2D eigenvalue weighted by atomic mass is 19.1. The molecule has 0 bridgehead atoms. The Morgan fingerprint density at radius 2 is 1.29 bits per heavy atom. The van der Waals surface area contributed by atoms with Crippen LogP contribution in [-0.4, -0.2) is 11.2 Å². The average molecular weight is 288 g/mol. The third-order valence-corrected chi connectivity index (χ3v) is 3.04. The zero-order chi connectivity index (χ0) is 15.1. The Bertz CT molecular complexity index is 582. The zero-order valence-electron chi connectivity index (χ0n) is 11.5. The van der Waals surface area contributed by atoms with E-state index in [9.17, 15) is 9.18 Å². The minimum absolute atomic E-state index is 0.232. The fourth-order valence-electron chi connectivity index (χ4n) is 1.91. The first-order valence-electron chi connectivity index (χ1n) is 6.63. The lowest BCUT2D eigenvalue weighted by Crippen LogP contribution is -2.19. The summed E-state index contributed by atoms with van der Waals surface area (Å²) in [7, 11) is 0. The van der Waals surface area contributed by atoms with Crippen LogP contribution in [-0.2, 0) is 19.6 Å². The molecule has 5 heteroatoms. The predicted molar refractivity (Wildman–Crippen MR) is 78.3 cm³/mol. The number of carbonyl (C=O) groups is 1. The fourth-order valence-corrected chi connectivity index (χ4v) is 1.91. The SMILES string of the molecule is O=C(O)NCc1ccc(CNCc2ccc(F)cc2)cc1. The second-order valence-corrected chi connectivity index (χ2v) is 4.71. The molecule has 0 heterocycles. The summed E-state index contributed by atoms with van der Waals surface area (Å²) >= 11 is 0. The number of rotatable bonds is 6. The molecule has 4 nitrogen and oxygen atoms in total. The van der Waals surface area contributed by atoms with Crippen LogP contribution < -0.4 is 10.6 Å². The van der Waals surface area contributed by atoms with Crippen molar-refractivity contribution in [3.63, 3.8) is 0 Å². The Morgan fingerprint density at radius 3 is 1.76 bits per heavy atom. The van der Waals surface area contributed by atoms with E-state index < -0.39 is 6.09 Å². The number of hydrogen-bond donors (Lipinski definition) is 3. The van der Waals surface area contributed by atoms with Gasteiger partial charge in [0.15, 0.2) is 0 Å². The Balaban J connectivity index is 1.78. The molecule has 2 rings (SSSR count). The summed E-state index contributed by atoms with van der Waals surface area (Å²) in [5, 5.41) is 14.1. The largest absolute Gasteiger partial charge is 0.465 e. The highest BCUT2D eigenvalue weighted by Crippen LogP contribution is 2.06. The van der Waals surface area contributed by atoms with Gasteiger partial charge in [0.2, 0.25) is 0 Å². The highest BCUT2D eigenvalue weighted by molar-refractivity contribution is 5.64. The molecule has 0 aromatic heterocycles. The molecule has 110 valence electrons. The molecule has 21 heavy (non-hydrogen) atoms. The van der Waals surface area contributed by atoms with Crippen LogP contribution in [0.4, 0.5) is 9.18 Å². The van der Waals surface area contributed by atoms with Crippen LogP contribution in [0.1, 0.15) is 16.7 Å². The first-order valence-corrected chi connectivity index (χ1v) is 6.63. The molecule has 2 aromatic carbocycles. The van der Waals surface area contributed by atoms with Crippen molar-refractivity contribution in [2.24, 2.45) is 0 Å². The van der Waals surface area contributed by atoms with E-state index in [4.69, 9.17) is 5.11 Å². The summed E-state index contributed by atoms with van der Waals surface area (Å²) in [6, 6.07) is 14.1. The maximum absolute atomic E-state index is 12.8. The number of benzene rings is 2. The molecule has 1 amide bonds. The number of halogens is 1. The van der Waals surface area contributed by atoms with Crippen molar-refractivity contribution >= 4 is 6.09 Å². The maximum Gasteiger partial charge on any atom is 0.404 e. The third-order valence-electron chi connectivity index (χ3n) is 3.04. The quantitative estimate of drug-likeness (QED) is 0.766. The molecule has 0 saturated carbocycles. The van der Waals surface area contributed by atoms with E-state index in [1.165, 1.54) is 12.1 Å². The van der Waals surface area contributed by atoms with Crippen molar-refractivity contribution in [1.82, 2.24) is 10.6 Å². The highest BCUT2D eigenvalue weighted by Gasteiger charge is 1.98. The maximum atomic E-state index is 12.8. The number of hydrogen-bond acceptors (Lipinski definition) is 2. The van der Waals surface area contributed by atoms with Crippen molar-refractivity contribution < 1.29 is 14.3 Å². The van der Waals surface area contributed by atoms with Gasteiger partial charge in [0.1, 0.15) is 5.82 Å². The van der Waals surface area contributed by atoms with Gasteiger partial charge in [-0.2, -0.15) is 0 Å². The van der Waals surface area contributed by atoms with E-state index in [-0.39, 0.29) is 5.82 Å². The normalized spacial score (nSPS) is 10.3. The van der Waals surface area contributed by atoms with E-state index in [2.05, 4.69) is 10.6 Å². The van der Waals surface area contributed by atoms with E-state index in [1.54, 1.807) is 12.1 Å². The van der Waals surface area contributed by atoms with Gasteiger partial charge in [-0.1, -0.05) is 36.4 Å². The molecule has 0 aliphatic rings. The first-order chi connectivity index (χ1) is 10.1. The van der Waals surface area contributed by atoms with Crippen LogP contribution in [0, 0.1) is 5.82 Å². The van der Waals surface area contributed by atoms with Gasteiger partial charge in [-0.05, 0) is 28.8 Å². The molecule has 2 aromatic rings. The van der Waals surface area contributed by atoms with Crippen molar-refractivity contribution in [2.75, 3.05) is 0 Å². The smallest absolute Gasteiger partial charge is 0.404 e. The molecular formula is C16H17FN2O2. The number of amides is 1. The Morgan fingerprint density at radius 1 is 0.857 bits per heavy atom. The van der Waals surface area contributed by atoms with Gasteiger partial charge < -0.3 is 15.7 Å².